The lowest BCUT2D eigenvalue weighted by Gasteiger charge is -2.08. The van der Waals surface area contributed by atoms with Gasteiger partial charge in [0.05, 0.1) is 0 Å². The third-order valence-electron chi connectivity index (χ3n) is 11.3. The van der Waals surface area contributed by atoms with E-state index in [9.17, 15) is 16.8 Å². The predicted molar refractivity (Wildman–Crippen MR) is 260 cm³/mol. The SMILES string of the molecule is CCCCCCCCCCCCCCCCCCN(C)C.CCCCCCCCCCCCCCCCCCN(C)C.O=S(=O)(O)c1cccc2c(S(=O)(=O)O)cccc12. The fourth-order valence-electron chi connectivity index (χ4n) is 7.65. The standard InChI is InChI=1S/2C20H43N.C10H8O6S2/c2*1-4-5-6-7-8-9-10-11-12-13-14-15-16-17-18-19-20-21(2)3;11-17(12,13)9-5-1-3-7-8(9)4-2-6-10(7)18(14,15)16/h2*4-20H2,1-3H3;1-6H,(H,11,12,13)(H,14,15,16). The molecule has 0 spiro atoms. The minimum atomic E-state index is -4.47. The maximum absolute atomic E-state index is 11.2. The van der Waals surface area contributed by atoms with Crippen molar-refractivity contribution in [3.8, 4) is 0 Å². The van der Waals surface area contributed by atoms with Gasteiger partial charge in [0.25, 0.3) is 20.2 Å². The molecule has 2 rings (SSSR count). The average molecular weight is 883 g/mol. The summed E-state index contributed by atoms with van der Waals surface area (Å²) < 4.78 is 62.7. The highest BCUT2D eigenvalue weighted by atomic mass is 32.2. The summed E-state index contributed by atoms with van der Waals surface area (Å²) in [6.07, 6.45) is 46.6. The van der Waals surface area contributed by atoms with Crippen molar-refractivity contribution in [2.24, 2.45) is 0 Å². The molecule has 2 N–H and O–H groups in total. The van der Waals surface area contributed by atoms with E-state index < -0.39 is 30.0 Å². The minimum Gasteiger partial charge on any atom is -0.309 e. The molecule has 2 aromatic rings. The van der Waals surface area contributed by atoms with E-state index in [0.29, 0.717) is 0 Å². The highest BCUT2D eigenvalue weighted by Crippen LogP contribution is 2.28. The fourth-order valence-corrected chi connectivity index (χ4v) is 9.07. The highest BCUT2D eigenvalue weighted by molar-refractivity contribution is 7.86. The van der Waals surface area contributed by atoms with Crippen molar-refractivity contribution in [1.29, 1.82) is 0 Å². The van der Waals surface area contributed by atoms with Crippen LogP contribution in [0.2, 0.25) is 0 Å². The molecule has 0 amide bonds. The van der Waals surface area contributed by atoms with E-state index in [0.717, 1.165) is 12.1 Å². The van der Waals surface area contributed by atoms with Crippen molar-refractivity contribution in [3.05, 3.63) is 36.4 Å². The molecule has 60 heavy (non-hydrogen) atoms. The van der Waals surface area contributed by atoms with Crippen molar-refractivity contribution in [1.82, 2.24) is 9.80 Å². The summed E-state index contributed by atoms with van der Waals surface area (Å²) in [5.74, 6) is 0. The Morgan fingerprint density at radius 2 is 0.550 bits per heavy atom. The van der Waals surface area contributed by atoms with Crippen molar-refractivity contribution in [2.45, 2.75) is 229 Å². The molecule has 8 nitrogen and oxygen atoms in total. The lowest BCUT2D eigenvalue weighted by molar-refractivity contribution is 0.389. The van der Waals surface area contributed by atoms with Crippen LogP contribution in [0.1, 0.15) is 219 Å². The number of hydrogen-bond acceptors (Lipinski definition) is 6. The van der Waals surface area contributed by atoms with Crippen LogP contribution in [0.25, 0.3) is 10.8 Å². The molecule has 0 bridgehead atoms. The van der Waals surface area contributed by atoms with Crippen LogP contribution in [-0.4, -0.2) is 77.0 Å². The molecule has 0 saturated heterocycles. The van der Waals surface area contributed by atoms with Crippen LogP contribution in [0, 0.1) is 0 Å². The van der Waals surface area contributed by atoms with Gasteiger partial charge in [-0.2, -0.15) is 16.8 Å². The van der Waals surface area contributed by atoms with Crippen LogP contribution in [0.15, 0.2) is 46.2 Å². The Kier molecular flexibility index (Phi) is 38.0. The first-order valence-corrected chi connectivity index (χ1v) is 27.4. The quantitative estimate of drug-likeness (QED) is 0.0514. The minimum absolute atomic E-state index is 0.0233. The maximum Gasteiger partial charge on any atom is 0.295 e. The second-order valence-electron chi connectivity index (χ2n) is 17.8. The molecule has 0 unspecified atom stereocenters. The van der Waals surface area contributed by atoms with Crippen LogP contribution in [0.4, 0.5) is 0 Å². The molecule has 2 aromatic carbocycles. The van der Waals surface area contributed by atoms with Gasteiger partial charge in [0.2, 0.25) is 0 Å². The van der Waals surface area contributed by atoms with Crippen molar-refractivity contribution in [2.75, 3.05) is 41.3 Å². The lowest BCUT2D eigenvalue weighted by atomic mass is 10.0. The second-order valence-corrected chi connectivity index (χ2v) is 20.6. The zero-order chi connectivity index (χ0) is 44.7. The monoisotopic (exact) mass is 883 g/mol. The third kappa shape index (κ3) is 35.0. The molecule has 0 atom stereocenters. The van der Waals surface area contributed by atoms with E-state index in [4.69, 9.17) is 9.11 Å². The summed E-state index contributed by atoms with van der Waals surface area (Å²) in [4.78, 5) is 3.77. The van der Waals surface area contributed by atoms with E-state index in [1.807, 2.05) is 0 Å². The van der Waals surface area contributed by atoms with Gasteiger partial charge in [0.1, 0.15) is 9.79 Å². The molecule has 0 heterocycles. The van der Waals surface area contributed by atoms with Crippen LogP contribution in [0.3, 0.4) is 0 Å². The zero-order valence-electron chi connectivity index (χ0n) is 39.7. The first kappa shape index (κ1) is 58.4. The molecular weight excluding hydrogens is 789 g/mol. The molecule has 0 saturated carbocycles. The highest BCUT2D eigenvalue weighted by Gasteiger charge is 2.19. The molecule has 0 radical (unpaired) electrons. The molecule has 0 aliphatic rings. The van der Waals surface area contributed by atoms with Crippen LogP contribution < -0.4 is 0 Å². The predicted octanol–water partition coefficient (Wildman–Crippen LogP) is 15.0. The number of hydrogen-bond donors (Lipinski definition) is 2. The van der Waals surface area contributed by atoms with Gasteiger partial charge in [-0.15, -0.1) is 0 Å². The molecule has 0 fully saturated rings. The van der Waals surface area contributed by atoms with Gasteiger partial charge in [-0.3, -0.25) is 9.11 Å². The summed E-state index contributed by atoms with van der Waals surface area (Å²) in [5.41, 5.74) is 0. The molecule has 0 aliphatic carbocycles. The van der Waals surface area contributed by atoms with Crippen molar-refractivity contribution in [3.63, 3.8) is 0 Å². The summed E-state index contributed by atoms with van der Waals surface area (Å²) in [6, 6.07) is 7.53. The molecule has 352 valence electrons. The Bertz CT molecular complexity index is 1370. The van der Waals surface area contributed by atoms with Crippen molar-refractivity contribution >= 4 is 31.0 Å². The normalized spacial score (nSPS) is 11.8. The van der Waals surface area contributed by atoms with Gasteiger partial charge in [-0.05, 0) is 66.3 Å². The Morgan fingerprint density at radius 1 is 0.350 bits per heavy atom. The van der Waals surface area contributed by atoms with Crippen molar-refractivity contribution < 1.29 is 25.9 Å². The van der Waals surface area contributed by atoms with Crippen LogP contribution in [0.5, 0.6) is 0 Å². The van der Waals surface area contributed by atoms with E-state index in [-0.39, 0.29) is 10.8 Å². The largest absolute Gasteiger partial charge is 0.309 e. The van der Waals surface area contributed by atoms with Crippen LogP contribution >= 0.6 is 0 Å². The number of unbranched alkanes of at least 4 members (excludes halogenated alkanes) is 30. The topological polar surface area (TPSA) is 115 Å². The molecular formula is C50H94N2O6S2. The smallest absolute Gasteiger partial charge is 0.295 e. The van der Waals surface area contributed by atoms with Gasteiger partial charge in [-0.25, -0.2) is 0 Å². The van der Waals surface area contributed by atoms with Crippen LogP contribution in [-0.2, 0) is 20.2 Å². The number of nitrogens with zero attached hydrogens (tertiary/aromatic N) is 2. The number of rotatable bonds is 36. The summed E-state index contributed by atoms with van der Waals surface area (Å²) in [5, 5.41) is 0.0465. The van der Waals surface area contributed by atoms with Gasteiger partial charge in [0, 0.05) is 10.8 Å². The zero-order valence-corrected chi connectivity index (χ0v) is 41.4. The Balaban J connectivity index is 0.000000872. The van der Waals surface area contributed by atoms with E-state index >= 15 is 0 Å². The van der Waals surface area contributed by atoms with E-state index in [2.05, 4.69) is 51.8 Å². The van der Waals surface area contributed by atoms with Gasteiger partial charge < -0.3 is 9.80 Å². The van der Waals surface area contributed by atoms with Gasteiger partial charge >= 0.3 is 0 Å². The Morgan fingerprint density at radius 3 is 0.733 bits per heavy atom. The summed E-state index contributed by atoms with van der Waals surface area (Å²) in [7, 11) is -0.249. The number of benzene rings is 2. The third-order valence-corrected chi connectivity index (χ3v) is 13.1. The summed E-state index contributed by atoms with van der Waals surface area (Å²) in [6.45, 7) is 7.12. The van der Waals surface area contributed by atoms with E-state index in [1.165, 1.54) is 243 Å². The molecule has 0 aliphatic heterocycles. The maximum atomic E-state index is 11.2. The Labute approximate surface area is 371 Å². The van der Waals surface area contributed by atoms with Gasteiger partial charge in [-0.1, -0.05) is 231 Å². The summed E-state index contributed by atoms with van der Waals surface area (Å²) >= 11 is 0. The number of fused-ring (bicyclic) bond motifs is 1. The fraction of sp³-hybridized carbons (Fsp3) is 0.800. The molecule has 0 aromatic heterocycles. The second kappa shape index (κ2) is 39.1. The average Bonchev–Trinajstić information content (AvgIpc) is 3.19. The Hall–Kier alpha value is -1.56. The van der Waals surface area contributed by atoms with Gasteiger partial charge in [0.15, 0.2) is 0 Å². The van der Waals surface area contributed by atoms with E-state index in [1.54, 1.807) is 0 Å². The lowest BCUT2D eigenvalue weighted by Crippen LogP contribution is -2.12. The first-order chi connectivity index (χ1) is 28.8. The first-order valence-electron chi connectivity index (χ1n) is 24.5. The molecule has 10 heteroatoms.